The highest BCUT2D eigenvalue weighted by Crippen LogP contribution is 2.15. The maximum Gasteiger partial charge on any atom is 0.358 e. The number of hydrogen-bond acceptors (Lipinski definition) is 5. The van der Waals surface area contributed by atoms with E-state index in [9.17, 15) is 4.79 Å². The number of aromatic carboxylic acids is 1. The zero-order valence-electron chi connectivity index (χ0n) is 9.87. The second-order valence-corrected chi connectivity index (χ2v) is 3.75. The van der Waals surface area contributed by atoms with Gasteiger partial charge in [-0.3, -0.25) is 0 Å². The lowest BCUT2D eigenvalue weighted by molar-refractivity contribution is 0.0685. The van der Waals surface area contributed by atoms with Gasteiger partial charge in [-0.2, -0.15) is 5.26 Å². The molecule has 0 aliphatic heterocycles. The third-order valence-electron chi connectivity index (χ3n) is 2.37. The topological polar surface area (TPSA) is 96.3 Å². The average molecular weight is 258 g/mol. The first-order valence-corrected chi connectivity index (χ1v) is 5.46. The van der Waals surface area contributed by atoms with Crippen molar-refractivity contribution in [3.8, 4) is 11.8 Å². The van der Waals surface area contributed by atoms with Crippen molar-refractivity contribution >= 4 is 5.97 Å². The number of rotatable bonds is 5. The van der Waals surface area contributed by atoms with Gasteiger partial charge in [0.25, 0.3) is 0 Å². The summed E-state index contributed by atoms with van der Waals surface area (Å²) in [6, 6.07) is 10.4. The van der Waals surface area contributed by atoms with E-state index in [-0.39, 0.29) is 12.3 Å². The van der Waals surface area contributed by atoms with Crippen LogP contribution >= 0.6 is 0 Å². The number of nitrogens with zero attached hydrogens (tertiary/aromatic N) is 2. The minimum Gasteiger partial charge on any atom is -0.486 e. The summed E-state index contributed by atoms with van der Waals surface area (Å²) in [7, 11) is 0. The van der Waals surface area contributed by atoms with Crippen molar-refractivity contribution in [1.29, 1.82) is 5.26 Å². The molecule has 2 rings (SSSR count). The first-order chi connectivity index (χ1) is 9.19. The van der Waals surface area contributed by atoms with E-state index in [1.165, 1.54) is 6.07 Å². The molecule has 0 atom stereocenters. The Hall–Kier alpha value is -2.81. The van der Waals surface area contributed by atoms with Crippen LogP contribution in [-0.2, 0) is 13.0 Å². The summed E-state index contributed by atoms with van der Waals surface area (Å²) < 4.78 is 10.2. The van der Waals surface area contributed by atoms with E-state index in [2.05, 4.69) is 11.2 Å². The van der Waals surface area contributed by atoms with Gasteiger partial charge in [-0.25, -0.2) is 4.79 Å². The average Bonchev–Trinajstić information content (AvgIpc) is 2.87. The standard InChI is InChI=1S/C13H10N2O4/c14-6-5-9-1-3-10(4-2-9)18-8-11-7-12(13(16)17)15-19-11/h1-4,7H,5,8H2,(H,16,17). The fourth-order valence-corrected chi connectivity index (χ4v) is 1.43. The monoisotopic (exact) mass is 258 g/mol. The van der Waals surface area contributed by atoms with Gasteiger partial charge in [-0.15, -0.1) is 0 Å². The molecule has 6 heteroatoms. The molecule has 1 aromatic heterocycles. The Morgan fingerprint density at radius 2 is 2.16 bits per heavy atom. The van der Waals surface area contributed by atoms with Crippen molar-refractivity contribution < 1.29 is 19.2 Å². The minimum absolute atomic E-state index is 0.0951. The summed E-state index contributed by atoms with van der Waals surface area (Å²) >= 11 is 0. The Bertz CT molecular complexity index is 610. The molecule has 0 saturated heterocycles. The Morgan fingerprint density at radius 3 is 2.74 bits per heavy atom. The fourth-order valence-electron chi connectivity index (χ4n) is 1.43. The van der Waals surface area contributed by atoms with Crippen molar-refractivity contribution in [1.82, 2.24) is 5.16 Å². The molecule has 0 unspecified atom stereocenters. The molecule has 6 nitrogen and oxygen atoms in total. The van der Waals surface area contributed by atoms with Crippen molar-refractivity contribution in [3.05, 3.63) is 47.3 Å². The van der Waals surface area contributed by atoms with E-state index < -0.39 is 5.97 Å². The fraction of sp³-hybridized carbons (Fsp3) is 0.154. The van der Waals surface area contributed by atoms with Crippen molar-refractivity contribution in [2.45, 2.75) is 13.0 Å². The van der Waals surface area contributed by atoms with Crippen LogP contribution in [0.1, 0.15) is 21.8 Å². The quantitative estimate of drug-likeness (QED) is 0.881. The van der Waals surface area contributed by atoms with Gasteiger partial charge in [0.15, 0.2) is 11.5 Å². The highest BCUT2D eigenvalue weighted by Gasteiger charge is 2.10. The van der Waals surface area contributed by atoms with E-state index in [1.807, 2.05) is 0 Å². The predicted molar refractivity (Wildman–Crippen MR) is 63.6 cm³/mol. The molecule has 0 saturated carbocycles. The highest BCUT2D eigenvalue weighted by atomic mass is 16.5. The molecule has 0 fully saturated rings. The number of hydrogen-bond donors (Lipinski definition) is 1. The van der Waals surface area contributed by atoms with Gasteiger partial charge in [-0.05, 0) is 17.7 Å². The first kappa shape index (κ1) is 12.6. The molecule has 1 heterocycles. The zero-order chi connectivity index (χ0) is 13.7. The summed E-state index contributed by atoms with van der Waals surface area (Å²) in [5, 5.41) is 20.6. The van der Waals surface area contributed by atoms with Crippen LogP contribution in [0.2, 0.25) is 0 Å². The smallest absolute Gasteiger partial charge is 0.358 e. The Balaban J connectivity index is 1.94. The van der Waals surface area contributed by atoms with Crippen LogP contribution in [-0.4, -0.2) is 16.2 Å². The van der Waals surface area contributed by atoms with Crippen LogP contribution in [0.3, 0.4) is 0 Å². The van der Waals surface area contributed by atoms with Gasteiger partial charge < -0.3 is 14.4 Å². The number of nitriles is 1. The molecular weight excluding hydrogens is 248 g/mol. The zero-order valence-corrected chi connectivity index (χ0v) is 9.87. The number of aromatic nitrogens is 1. The molecule has 96 valence electrons. The number of benzene rings is 1. The Morgan fingerprint density at radius 1 is 1.42 bits per heavy atom. The Labute approximate surface area is 108 Å². The molecule has 1 N–H and O–H groups in total. The second-order valence-electron chi connectivity index (χ2n) is 3.75. The minimum atomic E-state index is -1.14. The van der Waals surface area contributed by atoms with Crippen LogP contribution in [0.5, 0.6) is 5.75 Å². The van der Waals surface area contributed by atoms with Gasteiger partial charge in [0.2, 0.25) is 0 Å². The van der Waals surface area contributed by atoms with Crippen LogP contribution in [0, 0.1) is 11.3 Å². The molecule has 19 heavy (non-hydrogen) atoms. The summed E-state index contributed by atoms with van der Waals surface area (Å²) in [4.78, 5) is 10.6. The van der Waals surface area contributed by atoms with E-state index in [4.69, 9.17) is 19.6 Å². The van der Waals surface area contributed by atoms with Gasteiger partial charge in [0.1, 0.15) is 12.4 Å². The molecule has 2 aromatic rings. The lowest BCUT2D eigenvalue weighted by atomic mass is 10.2. The maximum atomic E-state index is 10.6. The van der Waals surface area contributed by atoms with E-state index in [0.29, 0.717) is 17.9 Å². The summed E-state index contributed by atoms with van der Waals surface area (Å²) in [6.07, 6.45) is 0.352. The lowest BCUT2D eigenvalue weighted by Gasteiger charge is -2.03. The molecule has 0 aliphatic rings. The van der Waals surface area contributed by atoms with Crippen molar-refractivity contribution in [2.24, 2.45) is 0 Å². The van der Waals surface area contributed by atoms with Gasteiger partial charge in [0, 0.05) is 6.07 Å². The molecule has 0 aliphatic carbocycles. The number of carboxylic acids is 1. The maximum absolute atomic E-state index is 10.6. The second kappa shape index (κ2) is 5.69. The summed E-state index contributed by atoms with van der Waals surface area (Å²) in [6.45, 7) is 0.0951. The van der Waals surface area contributed by atoms with Gasteiger partial charge >= 0.3 is 5.97 Å². The van der Waals surface area contributed by atoms with Crippen molar-refractivity contribution in [3.63, 3.8) is 0 Å². The number of ether oxygens (including phenoxy) is 1. The van der Waals surface area contributed by atoms with E-state index >= 15 is 0 Å². The lowest BCUT2D eigenvalue weighted by Crippen LogP contribution is -1.96. The largest absolute Gasteiger partial charge is 0.486 e. The van der Waals surface area contributed by atoms with Crippen molar-refractivity contribution in [2.75, 3.05) is 0 Å². The summed E-state index contributed by atoms with van der Waals surface area (Å²) in [5.74, 6) is -0.204. The third kappa shape index (κ3) is 3.33. The number of carbonyl (C=O) groups is 1. The molecule has 0 bridgehead atoms. The molecular formula is C13H10N2O4. The normalized spacial score (nSPS) is 9.84. The number of carboxylic acid groups (broad SMARTS) is 1. The van der Waals surface area contributed by atoms with Crippen LogP contribution < -0.4 is 4.74 Å². The van der Waals surface area contributed by atoms with Gasteiger partial charge in [0.05, 0.1) is 12.5 Å². The van der Waals surface area contributed by atoms with Crippen LogP contribution in [0.25, 0.3) is 0 Å². The molecule has 0 radical (unpaired) electrons. The third-order valence-corrected chi connectivity index (χ3v) is 2.37. The SMILES string of the molecule is N#CCc1ccc(OCc2cc(C(=O)O)no2)cc1. The molecule has 0 spiro atoms. The molecule has 1 aromatic carbocycles. The molecule has 0 amide bonds. The van der Waals surface area contributed by atoms with Crippen LogP contribution in [0.15, 0.2) is 34.9 Å². The first-order valence-electron chi connectivity index (χ1n) is 5.46. The summed E-state index contributed by atoms with van der Waals surface area (Å²) in [5.41, 5.74) is 0.755. The Kier molecular flexibility index (Phi) is 3.78. The van der Waals surface area contributed by atoms with Gasteiger partial charge in [-0.1, -0.05) is 17.3 Å². The van der Waals surface area contributed by atoms with E-state index in [1.54, 1.807) is 24.3 Å². The van der Waals surface area contributed by atoms with Crippen LogP contribution in [0.4, 0.5) is 0 Å². The highest BCUT2D eigenvalue weighted by molar-refractivity contribution is 5.85. The predicted octanol–water partition coefficient (Wildman–Crippen LogP) is 2.02. The van der Waals surface area contributed by atoms with E-state index in [0.717, 1.165) is 5.56 Å².